The Labute approximate surface area is 65.6 Å². The van der Waals surface area contributed by atoms with Gasteiger partial charge in [-0.3, -0.25) is 0 Å². The van der Waals surface area contributed by atoms with E-state index in [9.17, 15) is 10.1 Å². The number of hydrogen-bond donors (Lipinski definition) is 0. The number of hydroxylamine groups is 2. The van der Waals surface area contributed by atoms with Crippen LogP contribution in [0.5, 0.6) is 0 Å². The van der Waals surface area contributed by atoms with Gasteiger partial charge in [-0.1, -0.05) is 0 Å². The highest BCUT2D eigenvalue weighted by molar-refractivity contribution is 4.97. The summed E-state index contributed by atoms with van der Waals surface area (Å²) in [5.41, 5.74) is -0.628. The molecule has 0 unspecified atom stereocenters. The van der Waals surface area contributed by atoms with E-state index in [0.29, 0.717) is 0 Å². The quantitative estimate of drug-likeness (QED) is 0.495. The van der Waals surface area contributed by atoms with Crippen LogP contribution >= 0.6 is 0 Å². The average Bonchev–Trinajstić information content (AvgIpc) is 1.95. The van der Waals surface area contributed by atoms with E-state index >= 15 is 0 Å². The second kappa shape index (κ2) is 2.30. The molecule has 0 bridgehead atoms. The van der Waals surface area contributed by atoms with Gasteiger partial charge >= 0.3 is 0 Å². The Kier molecular flexibility index (Phi) is 1.72. The molecular weight excluding hydrogens is 144 g/mol. The lowest BCUT2D eigenvalue weighted by molar-refractivity contribution is -0.539. The number of rotatable bonds is 0. The summed E-state index contributed by atoms with van der Waals surface area (Å²) in [4.78, 5) is 11.0. The van der Waals surface area contributed by atoms with Gasteiger partial charge in [-0.25, -0.2) is 0 Å². The topological polar surface area (TPSA) is 46.4 Å². The van der Waals surface area contributed by atoms with Crippen molar-refractivity contribution in [2.24, 2.45) is 0 Å². The molecular formula is C7H12N2O2. The van der Waals surface area contributed by atoms with E-state index < -0.39 is 5.54 Å². The Morgan fingerprint density at radius 3 is 2.64 bits per heavy atom. The maximum Gasteiger partial charge on any atom is 0.236 e. The monoisotopic (exact) mass is 156 g/mol. The van der Waals surface area contributed by atoms with E-state index in [4.69, 9.17) is 0 Å². The van der Waals surface area contributed by atoms with Crippen molar-refractivity contribution in [3.63, 3.8) is 0 Å². The largest absolute Gasteiger partial charge is 0.758 e. The smallest absolute Gasteiger partial charge is 0.236 e. The van der Waals surface area contributed by atoms with Gasteiger partial charge in [-0.15, -0.1) is 0 Å². The average molecular weight is 156 g/mol. The predicted molar refractivity (Wildman–Crippen MR) is 41.5 cm³/mol. The van der Waals surface area contributed by atoms with Crippen LogP contribution in [0.2, 0.25) is 0 Å². The summed E-state index contributed by atoms with van der Waals surface area (Å²) in [5, 5.41) is 11.9. The Morgan fingerprint density at radius 2 is 2.18 bits per heavy atom. The molecule has 0 aliphatic carbocycles. The standard InChI is InChI=1S/C7H12N2O2/c1-6-7(2,3)9(11)5-4-8(6)10/h4-6H,1-3H3/t6-/m1/s1. The van der Waals surface area contributed by atoms with Crippen molar-refractivity contribution in [2.75, 3.05) is 0 Å². The van der Waals surface area contributed by atoms with Crippen molar-refractivity contribution < 1.29 is 4.76 Å². The molecule has 0 spiro atoms. The van der Waals surface area contributed by atoms with E-state index in [2.05, 4.69) is 0 Å². The third-order valence-corrected chi connectivity index (χ3v) is 2.32. The van der Waals surface area contributed by atoms with Crippen molar-refractivity contribution >= 4 is 0 Å². The SMILES string of the molecule is C[C@H]1[N+](=O)C=CN([O-])C1(C)C. The van der Waals surface area contributed by atoms with E-state index in [1.807, 2.05) is 0 Å². The van der Waals surface area contributed by atoms with E-state index in [-0.39, 0.29) is 6.04 Å². The maximum atomic E-state index is 11.1. The summed E-state index contributed by atoms with van der Waals surface area (Å²) in [7, 11) is 0. The molecule has 0 aromatic rings. The molecule has 0 aromatic heterocycles. The van der Waals surface area contributed by atoms with Crippen molar-refractivity contribution in [1.29, 1.82) is 0 Å². The highest BCUT2D eigenvalue weighted by atomic mass is 16.5. The predicted octanol–water partition coefficient (Wildman–Crippen LogP) is 1.22. The van der Waals surface area contributed by atoms with E-state index in [1.54, 1.807) is 20.8 Å². The van der Waals surface area contributed by atoms with Gasteiger partial charge in [0, 0.05) is 16.6 Å². The van der Waals surface area contributed by atoms with Gasteiger partial charge in [0.15, 0.2) is 0 Å². The molecule has 1 atom stereocenters. The van der Waals surface area contributed by atoms with Gasteiger partial charge in [0.2, 0.25) is 12.2 Å². The van der Waals surface area contributed by atoms with Crippen LogP contribution in [0.25, 0.3) is 0 Å². The van der Waals surface area contributed by atoms with E-state index in [0.717, 1.165) is 9.82 Å². The first kappa shape index (κ1) is 8.20. The molecule has 1 heterocycles. The fourth-order valence-electron chi connectivity index (χ4n) is 0.943. The highest BCUT2D eigenvalue weighted by Crippen LogP contribution is 2.23. The first-order chi connectivity index (χ1) is 4.96. The summed E-state index contributed by atoms with van der Waals surface area (Å²) in [5.74, 6) is 0. The fourth-order valence-corrected chi connectivity index (χ4v) is 0.943. The maximum absolute atomic E-state index is 11.1. The van der Waals surface area contributed by atoms with Crippen LogP contribution < -0.4 is 0 Å². The van der Waals surface area contributed by atoms with Crippen molar-refractivity contribution in [2.45, 2.75) is 32.4 Å². The first-order valence-electron chi connectivity index (χ1n) is 3.56. The van der Waals surface area contributed by atoms with Gasteiger partial charge in [0.05, 0.1) is 11.7 Å². The van der Waals surface area contributed by atoms with Crippen LogP contribution in [0, 0.1) is 10.1 Å². The second-order valence-electron chi connectivity index (χ2n) is 3.31. The second-order valence-corrected chi connectivity index (χ2v) is 3.31. The number of nitroso groups, excluding NO2 is 1. The molecule has 0 amide bonds. The Balaban J connectivity index is 2.97. The van der Waals surface area contributed by atoms with Gasteiger partial charge in [0.1, 0.15) is 0 Å². The lowest BCUT2D eigenvalue weighted by Crippen LogP contribution is -2.52. The van der Waals surface area contributed by atoms with Gasteiger partial charge in [-0.2, -0.15) is 0 Å². The van der Waals surface area contributed by atoms with Gasteiger partial charge in [-0.05, 0) is 13.8 Å². The molecule has 4 nitrogen and oxygen atoms in total. The van der Waals surface area contributed by atoms with Crippen LogP contribution in [-0.2, 0) is 0 Å². The molecule has 1 aliphatic rings. The molecule has 0 fully saturated rings. The van der Waals surface area contributed by atoms with E-state index in [1.165, 1.54) is 12.4 Å². The lowest BCUT2D eigenvalue weighted by Gasteiger charge is -2.44. The van der Waals surface area contributed by atoms with Crippen molar-refractivity contribution in [1.82, 2.24) is 5.06 Å². The molecule has 4 heteroatoms. The zero-order valence-electron chi connectivity index (χ0n) is 6.94. The normalized spacial score (nSPS) is 29.3. The third-order valence-electron chi connectivity index (χ3n) is 2.32. The van der Waals surface area contributed by atoms with Crippen LogP contribution in [-0.4, -0.2) is 21.4 Å². The van der Waals surface area contributed by atoms with Crippen LogP contribution in [0.15, 0.2) is 12.4 Å². The highest BCUT2D eigenvalue weighted by Gasteiger charge is 2.39. The summed E-state index contributed by atoms with van der Waals surface area (Å²) in [6.45, 7) is 5.24. The molecule has 11 heavy (non-hydrogen) atoms. The van der Waals surface area contributed by atoms with Crippen LogP contribution in [0.4, 0.5) is 0 Å². The van der Waals surface area contributed by atoms with Crippen molar-refractivity contribution in [3.8, 4) is 0 Å². The lowest BCUT2D eigenvalue weighted by atomic mass is 9.95. The Morgan fingerprint density at radius 1 is 1.64 bits per heavy atom. The summed E-state index contributed by atoms with van der Waals surface area (Å²) >= 11 is 0. The van der Waals surface area contributed by atoms with Gasteiger partial charge < -0.3 is 10.3 Å². The number of hydrogen-bond acceptors (Lipinski definition) is 3. The summed E-state index contributed by atoms with van der Waals surface area (Å²) < 4.78 is 0.800. The van der Waals surface area contributed by atoms with Crippen LogP contribution in [0.3, 0.4) is 0 Å². The minimum absolute atomic E-state index is 0.301. The zero-order chi connectivity index (χ0) is 8.65. The zero-order valence-corrected chi connectivity index (χ0v) is 6.94. The minimum atomic E-state index is -0.628. The fraction of sp³-hybridized carbons (Fsp3) is 0.714. The summed E-state index contributed by atoms with van der Waals surface area (Å²) in [6.07, 6.45) is 2.51. The molecule has 0 radical (unpaired) electrons. The first-order valence-corrected chi connectivity index (χ1v) is 3.56. The molecule has 0 saturated heterocycles. The minimum Gasteiger partial charge on any atom is -0.758 e. The Bertz CT molecular complexity index is 210. The van der Waals surface area contributed by atoms with Crippen LogP contribution in [0.1, 0.15) is 20.8 Å². The summed E-state index contributed by atoms with van der Waals surface area (Å²) in [6, 6.07) is -0.301. The van der Waals surface area contributed by atoms with Gasteiger partial charge in [0.25, 0.3) is 0 Å². The molecule has 1 rings (SSSR count). The molecule has 0 N–H and O–H groups in total. The molecule has 0 saturated carbocycles. The molecule has 1 aliphatic heterocycles. The Hall–Kier alpha value is -0.900. The molecule has 0 aromatic carbocycles. The molecule has 62 valence electrons. The number of nitrogens with zero attached hydrogens (tertiary/aromatic N) is 2. The third kappa shape index (κ3) is 1.14. The van der Waals surface area contributed by atoms with Crippen molar-refractivity contribution in [3.05, 3.63) is 22.5 Å².